The molecule has 0 heterocycles. The maximum atomic E-state index is 12.0. The molecule has 1 amide bonds. The van der Waals surface area contributed by atoms with E-state index in [1.54, 1.807) is 12.1 Å². The zero-order valence-electron chi connectivity index (χ0n) is 12.2. The molecule has 0 atom stereocenters. The molecule has 0 spiro atoms. The molecule has 1 aromatic rings. The first-order chi connectivity index (χ1) is 9.54. The zero-order valence-corrected chi connectivity index (χ0v) is 12.2. The van der Waals surface area contributed by atoms with Crippen molar-refractivity contribution in [2.24, 2.45) is 5.41 Å². The first kappa shape index (κ1) is 14.9. The van der Waals surface area contributed by atoms with Gasteiger partial charge in [-0.1, -0.05) is 0 Å². The molecule has 1 aliphatic carbocycles. The van der Waals surface area contributed by atoms with Gasteiger partial charge in [0.05, 0.1) is 6.10 Å². The molecule has 1 saturated carbocycles. The molecule has 0 unspecified atom stereocenters. The summed E-state index contributed by atoms with van der Waals surface area (Å²) < 4.78 is 5.55. The van der Waals surface area contributed by atoms with E-state index in [2.05, 4.69) is 5.32 Å². The molecule has 1 aromatic carbocycles. The van der Waals surface area contributed by atoms with Gasteiger partial charge in [0.2, 0.25) is 0 Å². The Hall–Kier alpha value is -1.55. The molecule has 1 aliphatic rings. The van der Waals surface area contributed by atoms with Crippen LogP contribution in [0.25, 0.3) is 0 Å². The number of hydrogen-bond donors (Lipinski definition) is 2. The van der Waals surface area contributed by atoms with Crippen LogP contribution >= 0.6 is 0 Å². The molecule has 0 radical (unpaired) electrons. The minimum atomic E-state index is -0.0645. The highest BCUT2D eigenvalue weighted by atomic mass is 16.5. The van der Waals surface area contributed by atoms with E-state index in [1.807, 2.05) is 26.0 Å². The Morgan fingerprint density at radius 1 is 1.35 bits per heavy atom. The second-order valence-electron chi connectivity index (χ2n) is 5.85. The van der Waals surface area contributed by atoms with Gasteiger partial charge in [-0.05, 0) is 62.8 Å². The number of ether oxygens (including phenoxy) is 1. The van der Waals surface area contributed by atoms with Crippen LogP contribution in [0.2, 0.25) is 0 Å². The SMILES string of the molecule is CC(C)Oc1ccc(C(=O)NCC2(CCO)CC2)cc1. The van der Waals surface area contributed by atoms with Crippen LogP contribution in [0.3, 0.4) is 0 Å². The van der Waals surface area contributed by atoms with Gasteiger partial charge in [0.1, 0.15) is 5.75 Å². The minimum absolute atomic E-state index is 0.0645. The van der Waals surface area contributed by atoms with Crippen molar-refractivity contribution in [2.75, 3.05) is 13.2 Å². The van der Waals surface area contributed by atoms with E-state index in [1.165, 1.54) is 0 Å². The molecule has 0 bridgehead atoms. The van der Waals surface area contributed by atoms with E-state index in [-0.39, 0.29) is 24.0 Å². The normalized spacial score (nSPS) is 16.0. The predicted octanol–water partition coefficient (Wildman–Crippen LogP) is 2.37. The minimum Gasteiger partial charge on any atom is -0.491 e. The molecule has 2 rings (SSSR count). The lowest BCUT2D eigenvalue weighted by Gasteiger charge is -2.15. The molecule has 2 N–H and O–H groups in total. The molecule has 110 valence electrons. The molecule has 0 aromatic heterocycles. The van der Waals surface area contributed by atoms with Gasteiger partial charge in [0, 0.05) is 18.7 Å². The number of rotatable bonds is 7. The van der Waals surface area contributed by atoms with Gasteiger partial charge < -0.3 is 15.2 Å². The van der Waals surface area contributed by atoms with Crippen LogP contribution in [0.1, 0.15) is 43.5 Å². The fraction of sp³-hybridized carbons (Fsp3) is 0.562. The van der Waals surface area contributed by atoms with Crippen LogP contribution in [0, 0.1) is 5.41 Å². The number of benzene rings is 1. The Kier molecular flexibility index (Phi) is 4.65. The van der Waals surface area contributed by atoms with E-state index in [9.17, 15) is 4.79 Å². The van der Waals surface area contributed by atoms with Crippen molar-refractivity contribution in [1.82, 2.24) is 5.32 Å². The van der Waals surface area contributed by atoms with Crippen molar-refractivity contribution in [2.45, 2.75) is 39.2 Å². The fourth-order valence-corrected chi connectivity index (χ4v) is 2.26. The first-order valence-electron chi connectivity index (χ1n) is 7.20. The van der Waals surface area contributed by atoms with E-state index in [0.717, 1.165) is 25.0 Å². The summed E-state index contributed by atoms with van der Waals surface area (Å²) in [6.07, 6.45) is 3.08. The lowest BCUT2D eigenvalue weighted by molar-refractivity contribution is 0.0941. The predicted molar refractivity (Wildman–Crippen MR) is 77.9 cm³/mol. The molecule has 4 nitrogen and oxygen atoms in total. The summed E-state index contributed by atoms with van der Waals surface area (Å²) in [4.78, 5) is 12.0. The van der Waals surface area contributed by atoms with Crippen molar-refractivity contribution >= 4 is 5.91 Å². The quantitative estimate of drug-likeness (QED) is 0.804. The first-order valence-corrected chi connectivity index (χ1v) is 7.20. The third-order valence-electron chi connectivity index (χ3n) is 3.71. The number of aliphatic hydroxyl groups excluding tert-OH is 1. The van der Waals surface area contributed by atoms with Gasteiger partial charge in [-0.3, -0.25) is 4.79 Å². The van der Waals surface area contributed by atoms with E-state index in [4.69, 9.17) is 9.84 Å². The number of carbonyl (C=O) groups excluding carboxylic acids is 1. The van der Waals surface area contributed by atoms with Crippen LogP contribution in [0.5, 0.6) is 5.75 Å². The average molecular weight is 277 g/mol. The average Bonchev–Trinajstić information content (AvgIpc) is 3.17. The van der Waals surface area contributed by atoms with Gasteiger partial charge in [-0.25, -0.2) is 0 Å². The van der Waals surface area contributed by atoms with Crippen molar-refractivity contribution in [3.8, 4) is 5.75 Å². The summed E-state index contributed by atoms with van der Waals surface area (Å²) in [5, 5.41) is 12.0. The summed E-state index contributed by atoms with van der Waals surface area (Å²) in [7, 11) is 0. The zero-order chi connectivity index (χ0) is 14.6. The maximum Gasteiger partial charge on any atom is 0.251 e. The topological polar surface area (TPSA) is 58.6 Å². The van der Waals surface area contributed by atoms with Crippen molar-refractivity contribution in [1.29, 1.82) is 0 Å². The van der Waals surface area contributed by atoms with Crippen molar-refractivity contribution in [3.05, 3.63) is 29.8 Å². The van der Waals surface area contributed by atoms with Crippen LogP contribution < -0.4 is 10.1 Å². The molecule has 0 saturated heterocycles. The van der Waals surface area contributed by atoms with Gasteiger partial charge in [0.25, 0.3) is 5.91 Å². The van der Waals surface area contributed by atoms with E-state index < -0.39 is 0 Å². The number of aliphatic hydroxyl groups is 1. The summed E-state index contributed by atoms with van der Waals surface area (Å²) in [6, 6.07) is 7.18. The Labute approximate surface area is 120 Å². The van der Waals surface area contributed by atoms with Crippen molar-refractivity contribution < 1.29 is 14.6 Å². The maximum absolute atomic E-state index is 12.0. The molecule has 0 aliphatic heterocycles. The molecular weight excluding hydrogens is 254 g/mol. The molecule has 4 heteroatoms. The number of hydrogen-bond acceptors (Lipinski definition) is 3. The van der Waals surface area contributed by atoms with Crippen LogP contribution in [-0.2, 0) is 0 Å². The third-order valence-corrected chi connectivity index (χ3v) is 3.71. The van der Waals surface area contributed by atoms with Crippen LogP contribution in [0.4, 0.5) is 0 Å². The summed E-state index contributed by atoms with van der Waals surface area (Å²) in [6.45, 7) is 4.78. The summed E-state index contributed by atoms with van der Waals surface area (Å²) in [5.74, 6) is 0.709. The Morgan fingerprint density at radius 2 is 2.00 bits per heavy atom. The highest BCUT2D eigenvalue weighted by molar-refractivity contribution is 5.94. The van der Waals surface area contributed by atoms with E-state index >= 15 is 0 Å². The van der Waals surface area contributed by atoms with Crippen LogP contribution in [0.15, 0.2) is 24.3 Å². The van der Waals surface area contributed by atoms with Gasteiger partial charge in [-0.2, -0.15) is 0 Å². The molecule has 1 fully saturated rings. The Balaban J connectivity index is 1.86. The highest BCUT2D eigenvalue weighted by Crippen LogP contribution is 2.47. The smallest absolute Gasteiger partial charge is 0.251 e. The number of carbonyl (C=O) groups is 1. The summed E-state index contributed by atoms with van der Waals surface area (Å²) >= 11 is 0. The lowest BCUT2D eigenvalue weighted by Crippen LogP contribution is -2.30. The number of nitrogens with one attached hydrogen (secondary N) is 1. The molecular formula is C16H23NO3. The third kappa shape index (κ3) is 3.97. The monoisotopic (exact) mass is 277 g/mol. The van der Waals surface area contributed by atoms with Gasteiger partial charge >= 0.3 is 0 Å². The fourth-order valence-electron chi connectivity index (χ4n) is 2.26. The van der Waals surface area contributed by atoms with Crippen molar-refractivity contribution in [3.63, 3.8) is 0 Å². The Bertz CT molecular complexity index is 449. The van der Waals surface area contributed by atoms with Gasteiger partial charge in [0.15, 0.2) is 0 Å². The standard InChI is InChI=1S/C16H23NO3/c1-12(2)20-14-5-3-13(4-6-14)15(19)17-11-16(7-8-16)9-10-18/h3-6,12,18H,7-11H2,1-2H3,(H,17,19). The highest BCUT2D eigenvalue weighted by Gasteiger charge is 2.41. The largest absolute Gasteiger partial charge is 0.491 e. The number of amides is 1. The second-order valence-corrected chi connectivity index (χ2v) is 5.85. The van der Waals surface area contributed by atoms with Gasteiger partial charge in [-0.15, -0.1) is 0 Å². The summed E-state index contributed by atoms with van der Waals surface area (Å²) in [5.41, 5.74) is 0.784. The molecule has 20 heavy (non-hydrogen) atoms. The van der Waals surface area contributed by atoms with Crippen LogP contribution in [-0.4, -0.2) is 30.3 Å². The Morgan fingerprint density at radius 3 is 2.50 bits per heavy atom. The lowest BCUT2D eigenvalue weighted by atomic mass is 10.0. The second kappa shape index (κ2) is 6.27. The van der Waals surface area contributed by atoms with E-state index in [0.29, 0.717) is 12.1 Å².